The molecule has 0 aliphatic carbocycles. The third-order valence-electron chi connectivity index (χ3n) is 3.66. The fourth-order valence-corrected chi connectivity index (χ4v) is 2.52. The number of rotatable bonds is 3. The number of hydrogen-bond donors (Lipinski definition) is 1. The second-order valence-corrected chi connectivity index (χ2v) is 4.98. The zero-order valence-corrected chi connectivity index (χ0v) is 12.1. The number of nitrogens with zero attached hydrogens (tertiary/aromatic N) is 4. The van der Waals surface area contributed by atoms with Gasteiger partial charge in [0.05, 0.1) is 19.5 Å². The summed E-state index contributed by atoms with van der Waals surface area (Å²) in [5.41, 5.74) is 6.88. The predicted molar refractivity (Wildman–Crippen MR) is 83.9 cm³/mol. The van der Waals surface area contributed by atoms with Gasteiger partial charge in [-0.05, 0) is 12.1 Å². The molecule has 2 N–H and O–H groups in total. The lowest BCUT2D eigenvalue weighted by Gasteiger charge is -2.36. The van der Waals surface area contributed by atoms with Crippen LogP contribution in [0.15, 0.2) is 36.7 Å². The molecule has 3 rings (SSSR count). The first-order chi connectivity index (χ1) is 10.3. The minimum absolute atomic E-state index is 0.461. The van der Waals surface area contributed by atoms with Gasteiger partial charge in [-0.15, -0.1) is 0 Å². The molecule has 110 valence electrons. The molecular weight excluding hydrogens is 266 g/mol. The van der Waals surface area contributed by atoms with E-state index < -0.39 is 0 Å². The minimum atomic E-state index is 0.461. The van der Waals surface area contributed by atoms with Gasteiger partial charge in [0, 0.05) is 37.9 Å². The lowest BCUT2D eigenvalue weighted by atomic mass is 10.2. The van der Waals surface area contributed by atoms with Crippen LogP contribution in [0, 0.1) is 0 Å². The van der Waals surface area contributed by atoms with E-state index in [1.807, 2.05) is 12.1 Å². The van der Waals surface area contributed by atoms with Gasteiger partial charge in [0.25, 0.3) is 0 Å². The van der Waals surface area contributed by atoms with Gasteiger partial charge in [-0.25, -0.2) is 4.98 Å². The van der Waals surface area contributed by atoms with Crippen LogP contribution in [0.4, 0.5) is 17.3 Å². The van der Waals surface area contributed by atoms with Crippen LogP contribution in [-0.2, 0) is 0 Å². The third-order valence-corrected chi connectivity index (χ3v) is 3.66. The lowest BCUT2D eigenvalue weighted by molar-refractivity contribution is 0.414. The number of benzene rings is 1. The van der Waals surface area contributed by atoms with Crippen molar-refractivity contribution in [1.29, 1.82) is 0 Å². The number of nitrogen functional groups attached to an aromatic ring is 1. The quantitative estimate of drug-likeness (QED) is 0.919. The highest BCUT2D eigenvalue weighted by molar-refractivity contribution is 5.52. The summed E-state index contributed by atoms with van der Waals surface area (Å²) in [5, 5.41) is 0. The molecule has 21 heavy (non-hydrogen) atoms. The molecule has 6 heteroatoms. The van der Waals surface area contributed by atoms with Crippen molar-refractivity contribution in [2.24, 2.45) is 0 Å². The molecule has 0 amide bonds. The largest absolute Gasteiger partial charge is 0.497 e. The Morgan fingerprint density at radius 1 is 1.10 bits per heavy atom. The van der Waals surface area contributed by atoms with E-state index in [0.29, 0.717) is 5.82 Å². The Hall–Kier alpha value is -2.50. The van der Waals surface area contributed by atoms with E-state index in [0.717, 1.165) is 37.7 Å². The van der Waals surface area contributed by atoms with Crippen LogP contribution in [0.5, 0.6) is 5.75 Å². The van der Waals surface area contributed by atoms with Gasteiger partial charge in [-0.1, -0.05) is 6.07 Å². The Morgan fingerprint density at radius 2 is 1.86 bits per heavy atom. The highest BCUT2D eigenvalue weighted by Gasteiger charge is 2.18. The standard InChI is InChI=1S/C15H19N5O/c1-21-13-4-2-3-12(9-13)19-5-7-20(8-6-19)15-11-17-10-14(16)18-15/h2-4,9-11H,5-8H2,1H3,(H2,16,18). The van der Waals surface area contributed by atoms with Crippen molar-refractivity contribution < 1.29 is 4.74 Å². The SMILES string of the molecule is COc1cccc(N2CCN(c3cncc(N)n3)CC2)c1. The second kappa shape index (κ2) is 5.87. The first-order valence-corrected chi connectivity index (χ1v) is 6.98. The van der Waals surface area contributed by atoms with E-state index in [1.54, 1.807) is 19.5 Å². The zero-order chi connectivity index (χ0) is 14.7. The molecule has 0 spiro atoms. The zero-order valence-electron chi connectivity index (χ0n) is 12.1. The summed E-state index contributed by atoms with van der Waals surface area (Å²) in [7, 11) is 1.69. The van der Waals surface area contributed by atoms with Crippen molar-refractivity contribution in [3.05, 3.63) is 36.7 Å². The fraction of sp³-hybridized carbons (Fsp3) is 0.333. The molecule has 1 aromatic carbocycles. The summed E-state index contributed by atoms with van der Waals surface area (Å²) in [5.74, 6) is 2.19. The number of methoxy groups -OCH3 is 1. The van der Waals surface area contributed by atoms with Crippen LogP contribution < -0.4 is 20.3 Å². The third kappa shape index (κ3) is 2.99. The van der Waals surface area contributed by atoms with Crippen LogP contribution in [0.25, 0.3) is 0 Å². The molecule has 1 aromatic heterocycles. The molecule has 0 atom stereocenters. The summed E-state index contributed by atoms with van der Waals surface area (Å²) >= 11 is 0. The van der Waals surface area contributed by atoms with E-state index in [1.165, 1.54) is 5.69 Å². The summed E-state index contributed by atoms with van der Waals surface area (Å²) in [6.07, 6.45) is 3.33. The second-order valence-electron chi connectivity index (χ2n) is 4.98. The maximum absolute atomic E-state index is 5.69. The normalized spacial score (nSPS) is 15.1. The topological polar surface area (TPSA) is 67.5 Å². The Morgan fingerprint density at radius 3 is 2.57 bits per heavy atom. The molecule has 2 heterocycles. The maximum atomic E-state index is 5.69. The van der Waals surface area contributed by atoms with Crippen molar-refractivity contribution in [3.8, 4) is 5.75 Å². The Labute approximate surface area is 124 Å². The van der Waals surface area contributed by atoms with Gasteiger partial charge in [0.1, 0.15) is 17.4 Å². The van der Waals surface area contributed by atoms with Crippen molar-refractivity contribution in [2.45, 2.75) is 0 Å². The van der Waals surface area contributed by atoms with Gasteiger partial charge in [-0.3, -0.25) is 4.98 Å². The molecule has 0 unspecified atom stereocenters. The molecule has 1 saturated heterocycles. The molecular formula is C15H19N5O. The van der Waals surface area contributed by atoms with Crippen molar-refractivity contribution >= 4 is 17.3 Å². The van der Waals surface area contributed by atoms with Gasteiger partial charge in [0.2, 0.25) is 0 Å². The van der Waals surface area contributed by atoms with Crippen molar-refractivity contribution in [3.63, 3.8) is 0 Å². The highest BCUT2D eigenvalue weighted by atomic mass is 16.5. The monoisotopic (exact) mass is 285 g/mol. The summed E-state index contributed by atoms with van der Waals surface area (Å²) in [6.45, 7) is 3.66. The van der Waals surface area contributed by atoms with Crippen molar-refractivity contribution in [1.82, 2.24) is 9.97 Å². The Balaban J connectivity index is 1.67. The molecule has 1 aliphatic rings. The van der Waals surface area contributed by atoms with Crippen LogP contribution in [-0.4, -0.2) is 43.3 Å². The van der Waals surface area contributed by atoms with E-state index in [-0.39, 0.29) is 0 Å². The Kier molecular flexibility index (Phi) is 3.77. The smallest absolute Gasteiger partial charge is 0.149 e. The molecule has 0 radical (unpaired) electrons. The predicted octanol–water partition coefficient (Wildman–Crippen LogP) is 1.39. The molecule has 1 aliphatic heterocycles. The van der Waals surface area contributed by atoms with Crippen LogP contribution in [0.3, 0.4) is 0 Å². The van der Waals surface area contributed by atoms with Gasteiger partial charge < -0.3 is 20.3 Å². The van der Waals surface area contributed by atoms with E-state index in [2.05, 4.69) is 31.9 Å². The summed E-state index contributed by atoms with van der Waals surface area (Å²) < 4.78 is 5.28. The molecule has 1 fully saturated rings. The Bertz CT molecular complexity index is 611. The lowest BCUT2D eigenvalue weighted by Crippen LogP contribution is -2.46. The average Bonchev–Trinajstić information content (AvgIpc) is 2.55. The number of nitrogens with two attached hydrogens (primary N) is 1. The van der Waals surface area contributed by atoms with Crippen LogP contribution in [0.1, 0.15) is 0 Å². The van der Waals surface area contributed by atoms with E-state index in [4.69, 9.17) is 10.5 Å². The van der Waals surface area contributed by atoms with Crippen LogP contribution in [0.2, 0.25) is 0 Å². The summed E-state index contributed by atoms with van der Waals surface area (Å²) in [6, 6.07) is 8.15. The molecule has 0 saturated carbocycles. The van der Waals surface area contributed by atoms with Gasteiger partial charge in [-0.2, -0.15) is 0 Å². The number of aromatic nitrogens is 2. The molecule has 2 aromatic rings. The first kappa shape index (κ1) is 13.5. The summed E-state index contributed by atoms with van der Waals surface area (Å²) in [4.78, 5) is 13.0. The van der Waals surface area contributed by atoms with Gasteiger partial charge >= 0.3 is 0 Å². The minimum Gasteiger partial charge on any atom is -0.497 e. The average molecular weight is 285 g/mol. The first-order valence-electron chi connectivity index (χ1n) is 6.98. The number of anilines is 3. The molecule has 0 bridgehead atoms. The maximum Gasteiger partial charge on any atom is 0.149 e. The number of piperazine rings is 1. The fourth-order valence-electron chi connectivity index (χ4n) is 2.52. The van der Waals surface area contributed by atoms with Gasteiger partial charge in [0.15, 0.2) is 0 Å². The molecule has 6 nitrogen and oxygen atoms in total. The van der Waals surface area contributed by atoms with E-state index in [9.17, 15) is 0 Å². The van der Waals surface area contributed by atoms with Crippen molar-refractivity contribution in [2.75, 3.05) is 48.8 Å². The number of hydrogen-bond acceptors (Lipinski definition) is 6. The number of ether oxygens (including phenoxy) is 1. The van der Waals surface area contributed by atoms with E-state index >= 15 is 0 Å². The highest BCUT2D eigenvalue weighted by Crippen LogP contribution is 2.23. The van der Waals surface area contributed by atoms with Crippen LogP contribution >= 0.6 is 0 Å².